The molecule has 0 radical (unpaired) electrons. The third-order valence-corrected chi connectivity index (χ3v) is 9.79. The summed E-state index contributed by atoms with van der Waals surface area (Å²) in [5.41, 5.74) is 0.529. The minimum absolute atomic E-state index is 0.125. The third-order valence-electron chi connectivity index (χ3n) is 9.79. The van der Waals surface area contributed by atoms with E-state index in [1.54, 1.807) is 6.92 Å². The fourth-order valence-electron chi connectivity index (χ4n) is 8.73. The smallest absolute Gasteiger partial charge is 0.164 e. The van der Waals surface area contributed by atoms with Crippen LogP contribution in [0.25, 0.3) is 0 Å². The Morgan fingerprint density at radius 2 is 1.83 bits per heavy atom. The predicted molar refractivity (Wildman–Crippen MR) is 110 cm³/mol. The molecule has 160 valence electrons. The summed E-state index contributed by atoms with van der Waals surface area (Å²) in [5.74, 6) is 1.76. The summed E-state index contributed by atoms with van der Waals surface area (Å²) in [7, 11) is 0. The van der Waals surface area contributed by atoms with Gasteiger partial charge in [-0.3, -0.25) is 9.59 Å². The molecule has 5 aliphatic rings. The highest BCUT2D eigenvalue weighted by atomic mass is 16.8. The first kappa shape index (κ1) is 19.9. The van der Waals surface area contributed by atoms with Gasteiger partial charge in [-0.05, 0) is 88.0 Å². The van der Waals surface area contributed by atoms with Gasteiger partial charge in [-0.25, -0.2) is 0 Å². The number of fused-ring (bicyclic) bond motifs is 7. The van der Waals surface area contributed by atoms with Crippen molar-refractivity contribution in [3.05, 3.63) is 11.6 Å². The van der Waals surface area contributed by atoms with Gasteiger partial charge in [0, 0.05) is 11.8 Å². The summed E-state index contributed by atoms with van der Waals surface area (Å²) in [6, 6.07) is 0. The molecule has 0 N–H and O–H groups in total. The van der Waals surface area contributed by atoms with Crippen molar-refractivity contribution in [2.75, 3.05) is 0 Å². The largest absolute Gasteiger partial charge is 0.344 e. The van der Waals surface area contributed by atoms with Gasteiger partial charge in [-0.1, -0.05) is 26.3 Å². The molecular formula is C25H36O4. The molecule has 4 heteroatoms. The first-order valence-electron chi connectivity index (χ1n) is 11.6. The lowest BCUT2D eigenvalue weighted by molar-refractivity contribution is -0.214. The van der Waals surface area contributed by atoms with Gasteiger partial charge < -0.3 is 9.47 Å². The SMILES string of the molecule is CC(=O)[C@]12OC(C)(C)O[C@@H]1C[C@H]1[C@@H]3C[C@H](C)C4=CC(=O)CC[C@]4(C)[C@H]3CC[C@@]12C. The molecule has 29 heavy (non-hydrogen) atoms. The highest BCUT2D eigenvalue weighted by Crippen LogP contribution is 2.71. The normalized spacial score (nSPS) is 52.8. The summed E-state index contributed by atoms with van der Waals surface area (Å²) >= 11 is 0. The second-order valence-electron chi connectivity index (χ2n) is 11.6. The Balaban J connectivity index is 1.56. The minimum atomic E-state index is -0.811. The molecular weight excluding hydrogens is 364 g/mol. The van der Waals surface area contributed by atoms with Crippen LogP contribution in [-0.4, -0.2) is 29.1 Å². The zero-order valence-electron chi connectivity index (χ0n) is 18.8. The topological polar surface area (TPSA) is 52.6 Å². The molecule has 0 spiro atoms. The maximum Gasteiger partial charge on any atom is 0.164 e. The van der Waals surface area contributed by atoms with Crippen LogP contribution < -0.4 is 0 Å². The molecule has 3 saturated carbocycles. The monoisotopic (exact) mass is 400 g/mol. The number of hydrogen-bond acceptors (Lipinski definition) is 4. The van der Waals surface area contributed by atoms with E-state index in [0.717, 1.165) is 32.1 Å². The molecule has 1 saturated heterocycles. The molecule has 0 aromatic rings. The molecule has 4 nitrogen and oxygen atoms in total. The predicted octanol–water partition coefficient (Wildman–Crippen LogP) is 4.85. The molecule has 5 rings (SSSR count). The number of rotatable bonds is 1. The average Bonchev–Trinajstić information content (AvgIpc) is 3.03. The van der Waals surface area contributed by atoms with Crippen molar-refractivity contribution in [3.8, 4) is 0 Å². The lowest BCUT2D eigenvalue weighted by Crippen LogP contribution is -2.60. The van der Waals surface area contributed by atoms with E-state index in [9.17, 15) is 9.59 Å². The molecule has 0 bridgehead atoms. The molecule has 0 aromatic carbocycles. The quantitative estimate of drug-likeness (QED) is 0.631. The van der Waals surface area contributed by atoms with Gasteiger partial charge in [0.25, 0.3) is 0 Å². The zero-order chi connectivity index (χ0) is 21.0. The maximum atomic E-state index is 13.1. The molecule has 8 atom stereocenters. The zero-order valence-corrected chi connectivity index (χ0v) is 18.8. The van der Waals surface area contributed by atoms with Crippen LogP contribution in [0.1, 0.15) is 80.1 Å². The third kappa shape index (κ3) is 2.34. The van der Waals surface area contributed by atoms with E-state index in [4.69, 9.17) is 9.47 Å². The number of Topliss-reactive ketones (excluding diaryl/α,β-unsaturated/α-hetero) is 1. The van der Waals surface area contributed by atoms with E-state index in [2.05, 4.69) is 20.8 Å². The first-order valence-corrected chi connectivity index (χ1v) is 11.6. The fraction of sp³-hybridized carbons (Fsp3) is 0.840. The van der Waals surface area contributed by atoms with Crippen molar-refractivity contribution in [2.45, 2.75) is 97.6 Å². The van der Waals surface area contributed by atoms with Gasteiger partial charge in [-0.15, -0.1) is 0 Å². The Morgan fingerprint density at radius 1 is 1.10 bits per heavy atom. The summed E-state index contributed by atoms with van der Waals surface area (Å²) in [6.45, 7) is 12.6. The number of ketones is 2. The van der Waals surface area contributed by atoms with E-state index in [-0.39, 0.29) is 22.7 Å². The Kier molecular flexibility index (Phi) is 4.00. The Bertz CT molecular complexity index is 812. The van der Waals surface area contributed by atoms with Crippen LogP contribution in [0.2, 0.25) is 0 Å². The van der Waals surface area contributed by atoms with Crippen LogP contribution in [0.3, 0.4) is 0 Å². The lowest BCUT2D eigenvalue weighted by atomic mass is 9.44. The molecule has 0 unspecified atom stereocenters. The first-order chi connectivity index (χ1) is 13.4. The van der Waals surface area contributed by atoms with Gasteiger partial charge in [-0.2, -0.15) is 0 Å². The van der Waals surface area contributed by atoms with Crippen LogP contribution in [0, 0.1) is 34.5 Å². The van der Waals surface area contributed by atoms with Crippen molar-refractivity contribution in [2.24, 2.45) is 34.5 Å². The lowest BCUT2D eigenvalue weighted by Gasteiger charge is -2.60. The van der Waals surface area contributed by atoms with Crippen LogP contribution in [0.5, 0.6) is 0 Å². The van der Waals surface area contributed by atoms with Crippen molar-refractivity contribution in [3.63, 3.8) is 0 Å². The van der Waals surface area contributed by atoms with Gasteiger partial charge >= 0.3 is 0 Å². The number of allylic oxidation sites excluding steroid dienone is 1. The Labute approximate surface area is 174 Å². The van der Waals surface area contributed by atoms with Crippen molar-refractivity contribution >= 4 is 11.6 Å². The van der Waals surface area contributed by atoms with E-state index < -0.39 is 11.4 Å². The van der Waals surface area contributed by atoms with Crippen molar-refractivity contribution in [1.29, 1.82) is 0 Å². The van der Waals surface area contributed by atoms with Crippen LogP contribution in [-0.2, 0) is 19.1 Å². The second kappa shape index (κ2) is 5.82. The summed E-state index contributed by atoms with van der Waals surface area (Å²) < 4.78 is 12.9. The summed E-state index contributed by atoms with van der Waals surface area (Å²) in [5, 5.41) is 0. The fourth-order valence-corrected chi connectivity index (χ4v) is 8.73. The average molecular weight is 401 g/mol. The minimum Gasteiger partial charge on any atom is -0.344 e. The Morgan fingerprint density at radius 3 is 2.52 bits per heavy atom. The highest BCUT2D eigenvalue weighted by molar-refractivity contribution is 5.92. The molecule has 4 aliphatic carbocycles. The Hall–Kier alpha value is -1.00. The van der Waals surface area contributed by atoms with E-state index in [0.29, 0.717) is 35.9 Å². The number of ether oxygens (including phenoxy) is 2. The standard InChI is InChI=1S/C25H36O4/c1-14-11-17-18(23(5)9-7-16(27)12-19(14)23)8-10-24(6)20(17)13-21-25(24,15(2)26)29-22(3,4)28-21/h12,14,17-18,20-21H,7-11,13H2,1-6H3/t14-,17+,18-,20-,21+,23+,24-,25-/m0/s1. The van der Waals surface area contributed by atoms with Crippen molar-refractivity contribution < 1.29 is 19.1 Å². The van der Waals surface area contributed by atoms with E-state index in [1.807, 2.05) is 19.9 Å². The highest BCUT2D eigenvalue weighted by Gasteiger charge is 2.75. The van der Waals surface area contributed by atoms with Gasteiger partial charge in [0.1, 0.15) is 0 Å². The van der Waals surface area contributed by atoms with Gasteiger partial charge in [0.2, 0.25) is 0 Å². The summed E-state index contributed by atoms with van der Waals surface area (Å²) in [4.78, 5) is 25.3. The maximum absolute atomic E-state index is 13.1. The molecule has 0 amide bonds. The van der Waals surface area contributed by atoms with Crippen LogP contribution in [0.15, 0.2) is 11.6 Å². The number of hydrogen-bond donors (Lipinski definition) is 0. The van der Waals surface area contributed by atoms with E-state index in [1.165, 1.54) is 5.57 Å². The van der Waals surface area contributed by atoms with Gasteiger partial charge in [0.05, 0.1) is 6.10 Å². The number of carbonyl (C=O) groups is 2. The number of carbonyl (C=O) groups excluding carboxylic acids is 2. The van der Waals surface area contributed by atoms with E-state index >= 15 is 0 Å². The second-order valence-corrected chi connectivity index (χ2v) is 11.6. The van der Waals surface area contributed by atoms with Gasteiger partial charge in [0.15, 0.2) is 23.0 Å². The van der Waals surface area contributed by atoms with Crippen LogP contribution >= 0.6 is 0 Å². The molecule has 4 fully saturated rings. The molecule has 0 aromatic heterocycles. The van der Waals surface area contributed by atoms with Crippen molar-refractivity contribution in [1.82, 2.24) is 0 Å². The molecule has 1 aliphatic heterocycles. The summed E-state index contributed by atoms with van der Waals surface area (Å²) in [6.07, 6.45) is 7.64. The molecule has 1 heterocycles. The van der Waals surface area contributed by atoms with Crippen LogP contribution in [0.4, 0.5) is 0 Å².